The smallest absolute Gasteiger partial charge is 0.227 e. The second kappa shape index (κ2) is 9.56. The molecule has 2 aromatic carbocycles. The van der Waals surface area contributed by atoms with Gasteiger partial charge in [-0.05, 0) is 55.3 Å². The standard InChI is InChI=1S/C23H20ClF2N3O3/c24-16-3-1-15(2-4-16)23-27-20(32-28-23)7-8-21(30)29-11-9-14(10-12-29)22(31)18-13-17(25)5-6-19(18)26/h1-6,13-14H,7-12H2. The van der Waals surface area contributed by atoms with Crippen molar-refractivity contribution in [3.8, 4) is 11.4 Å². The number of ketones is 1. The number of carbonyl (C=O) groups excluding carboxylic acids is 2. The molecule has 0 aliphatic carbocycles. The summed E-state index contributed by atoms with van der Waals surface area (Å²) in [5.41, 5.74) is 0.528. The monoisotopic (exact) mass is 459 g/mol. The molecule has 0 saturated carbocycles. The molecule has 0 spiro atoms. The number of piperidine rings is 1. The molecule has 3 aromatic rings. The van der Waals surface area contributed by atoms with Crippen LogP contribution in [0.5, 0.6) is 0 Å². The Bertz CT molecular complexity index is 1130. The van der Waals surface area contributed by atoms with Crippen LogP contribution in [-0.2, 0) is 11.2 Å². The number of hydrogen-bond donors (Lipinski definition) is 0. The van der Waals surface area contributed by atoms with Crippen LogP contribution in [0, 0.1) is 17.6 Å². The molecule has 1 amide bonds. The fourth-order valence-corrected chi connectivity index (χ4v) is 3.87. The SMILES string of the molecule is O=C(c1cc(F)ccc1F)C1CCN(C(=O)CCc2nc(-c3ccc(Cl)cc3)no2)CC1. The van der Waals surface area contributed by atoms with E-state index in [1.54, 1.807) is 29.2 Å². The van der Waals surface area contributed by atoms with Crippen LogP contribution in [0.2, 0.25) is 5.02 Å². The Morgan fingerprint density at radius 1 is 1.09 bits per heavy atom. The molecule has 1 aliphatic rings. The molecule has 0 N–H and O–H groups in total. The van der Waals surface area contributed by atoms with Gasteiger partial charge in [-0.1, -0.05) is 16.8 Å². The van der Waals surface area contributed by atoms with Gasteiger partial charge in [0.25, 0.3) is 0 Å². The zero-order valence-electron chi connectivity index (χ0n) is 17.1. The molecule has 9 heteroatoms. The molecule has 1 aliphatic heterocycles. The van der Waals surface area contributed by atoms with Gasteiger partial charge in [0.1, 0.15) is 11.6 Å². The van der Waals surface area contributed by atoms with Gasteiger partial charge in [-0.2, -0.15) is 4.98 Å². The van der Waals surface area contributed by atoms with E-state index in [2.05, 4.69) is 10.1 Å². The predicted molar refractivity (Wildman–Crippen MR) is 113 cm³/mol. The summed E-state index contributed by atoms with van der Waals surface area (Å²) in [6, 6.07) is 9.89. The first-order valence-corrected chi connectivity index (χ1v) is 10.6. The number of hydrogen-bond acceptors (Lipinski definition) is 5. The predicted octanol–water partition coefficient (Wildman–Crippen LogP) is 4.72. The molecule has 32 heavy (non-hydrogen) atoms. The third kappa shape index (κ3) is 5.02. The first-order valence-electron chi connectivity index (χ1n) is 10.3. The molecule has 166 valence electrons. The van der Waals surface area contributed by atoms with Crippen molar-refractivity contribution in [3.05, 3.63) is 70.6 Å². The summed E-state index contributed by atoms with van der Waals surface area (Å²) in [6.07, 6.45) is 1.30. The number of nitrogens with zero attached hydrogens (tertiary/aromatic N) is 3. The van der Waals surface area contributed by atoms with Crippen molar-refractivity contribution in [1.29, 1.82) is 0 Å². The molecule has 1 fully saturated rings. The summed E-state index contributed by atoms with van der Waals surface area (Å²) >= 11 is 5.88. The van der Waals surface area contributed by atoms with Gasteiger partial charge in [0.05, 0.1) is 5.56 Å². The number of aryl methyl sites for hydroxylation is 1. The number of amides is 1. The van der Waals surface area contributed by atoms with Crippen molar-refractivity contribution < 1.29 is 22.9 Å². The van der Waals surface area contributed by atoms with Crippen LogP contribution in [0.4, 0.5) is 8.78 Å². The van der Waals surface area contributed by atoms with Crippen molar-refractivity contribution in [2.75, 3.05) is 13.1 Å². The Hall–Kier alpha value is -3.13. The number of Topliss-reactive ketones (excluding diaryl/α,β-unsaturated/α-hetero) is 1. The largest absolute Gasteiger partial charge is 0.343 e. The van der Waals surface area contributed by atoms with Crippen LogP contribution in [0.3, 0.4) is 0 Å². The highest BCUT2D eigenvalue weighted by molar-refractivity contribution is 6.30. The first-order chi connectivity index (χ1) is 15.4. The number of aromatic nitrogens is 2. The lowest BCUT2D eigenvalue weighted by molar-refractivity contribution is -0.132. The molecule has 6 nitrogen and oxygen atoms in total. The zero-order chi connectivity index (χ0) is 22.7. The van der Waals surface area contributed by atoms with Crippen LogP contribution in [0.1, 0.15) is 35.5 Å². The van der Waals surface area contributed by atoms with E-state index in [-0.39, 0.29) is 17.9 Å². The molecule has 0 bridgehead atoms. The van der Waals surface area contributed by atoms with Crippen LogP contribution in [0.25, 0.3) is 11.4 Å². The van der Waals surface area contributed by atoms with Crippen LogP contribution in [0.15, 0.2) is 47.0 Å². The number of carbonyl (C=O) groups is 2. The maximum absolute atomic E-state index is 13.9. The third-order valence-electron chi connectivity index (χ3n) is 5.54. The molecule has 1 saturated heterocycles. The normalized spacial score (nSPS) is 14.5. The highest BCUT2D eigenvalue weighted by Crippen LogP contribution is 2.24. The fourth-order valence-electron chi connectivity index (χ4n) is 3.74. The van der Waals surface area contributed by atoms with E-state index < -0.39 is 23.3 Å². The van der Waals surface area contributed by atoms with Gasteiger partial charge in [-0.15, -0.1) is 0 Å². The van der Waals surface area contributed by atoms with Crippen molar-refractivity contribution in [2.45, 2.75) is 25.7 Å². The molecule has 2 heterocycles. The van der Waals surface area contributed by atoms with E-state index in [0.717, 1.165) is 23.8 Å². The maximum Gasteiger partial charge on any atom is 0.227 e. The zero-order valence-corrected chi connectivity index (χ0v) is 17.8. The van der Waals surface area contributed by atoms with Crippen LogP contribution >= 0.6 is 11.6 Å². The minimum absolute atomic E-state index is 0.0842. The molecule has 0 radical (unpaired) electrons. The van der Waals surface area contributed by atoms with E-state index in [4.69, 9.17) is 16.1 Å². The highest BCUT2D eigenvalue weighted by Gasteiger charge is 2.29. The average molecular weight is 460 g/mol. The van der Waals surface area contributed by atoms with E-state index in [1.807, 2.05) is 0 Å². The summed E-state index contributed by atoms with van der Waals surface area (Å²) in [7, 11) is 0. The summed E-state index contributed by atoms with van der Waals surface area (Å²) in [4.78, 5) is 31.1. The molecule has 1 aromatic heterocycles. The lowest BCUT2D eigenvalue weighted by atomic mass is 9.88. The third-order valence-corrected chi connectivity index (χ3v) is 5.79. The minimum Gasteiger partial charge on any atom is -0.343 e. The topological polar surface area (TPSA) is 76.3 Å². The van der Waals surface area contributed by atoms with E-state index in [9.17, 15) is 18.4 Å². The number of rotatable bonds is 6. The van der Waals surface area contributed by atoms with Gasteiger partial charge in [0, 0.05) is 42.4 Å². The minimum atomic E-state index is -0.729. The maximum atomic E-state index is 13.9. The molecule has 4 rings (SSSR count). The highest BCUT2D eigenvalue weighted by atomic mass is 35.5. The molecule has 0 atom stereocenters. The van der Waals surface area contributed by atoms with Gasteiger partial charge in [0.2, 0.25) is 17.6 Å². The van der Waals surface area contributed by atoms with Crippen LogP contribution < -0.4 is 0 Å². The van der Waals surface area contributed by atoms with Crippen molar-refractivity contribution >= 4 is 23.3 Å². The van der Waals surface area contributed by atoms with E-state index >= 15 is 0 Å². The first kappa shape index (κ1) is 22.1. The molecular weight excluding hydrogens is 440 g/mol. The number of halogens is 3. The number of likely N-dealkylation sites (tertiary alicyclic amines) is 1. The van der Waals surface area contributed by atoms with Crippen LogP contribution in [-0.4, -0.2) is 39.8 Å². The van der Waals surface area contributed by atoms with Crippen molar-refractivity contribution in [3.63, 3.8) is 0 Å². The Morgan fingerprint density at radius 2 is 1.81 bits per heavy atom. The second-order valence-electron chi connectivity index (χ2n) is 7.66. The Kier molecular flexibility index (Phi) is 6.60. The Morgan fingerprint density at radius 3 is 2.53 bits per heavy atom. The van der Waals surface area contributed by atoms with Crippen molar-refractivity contribution in [2.24, 2.45) is 5.92 Å². The lowest BCUT2D eigenvalue weighted by Crippen LogP contribution is -2.40. The van der Waals surface area contributed by atoms with Gasteiger partial charge in [-0.25, -0.2) is 8.78 Å². The Labute approximate surface area is 188 Å². The number of benzene rings is 2. The average Bonchev–Trinajstić information content (AvgIpc) is 3.28. The second-order valence-corrected chi connectivity index (χ2v) is 8.10. The quantitative estimate of drug-likeness (QED) is 0.498. The van der Waals surface area contributed by atoms with E-state index in [1.165, 1.54) is 0 Å². The van der Waals surface area contributed by atoms with Gasteiger partial charge < -0.3 is 9.42 Å². The van der Waals surface area contributed by atoms with Crippen molar-refractivity contribution in [1.82, 2.24) is 15.0 Å². The van der Waals surface area contributed by atoms with Gasteiger partial charge in [0.15, 0.2) is 5.78 Å². The summed E-state index contributed by atoms with van der Waals surface area (Å²) < 4.78 is 32.5. The summed E-state index contributed by atoms with van der Waals surface area (Å²) in [5, 5.41) is 4.54. The molecular formula is C23H20ClF2N3O3. The van der Waals surface area contributed by atoms with Gasteiger partial charge >= 0.3 is 0 Å². The summed E-state index contributed by atoms with van der Waals surface area (Å²) in [6.45, 7) is 0.762. The summed E-state index contributed by atoms with van der Waals surface area (Å²) in [5.74, 6) is -1.54. The van der Waals surface area contributed by atoms with E-state index in [0.29, 0.717) is 49.1 Å². The lowest BCUT2D eigenvalue weighted by Gasteiger charge is -2.31. The molecule has 0 unspecified atom stereocenters. The fraction of sp³-hybridized carbons (Fsp3) is 0.304. The van der Waals surface area contributed by atoms with Gasteiger partial charge in [-0.3, -0.25) is 9.59 Å². The Balaban J connectivity index is 1.28.